The first kappa shape index (κ1) is 22.9. The highest BCUT2D eigenvalue weighted by atomic mass is 19.4. The highest BCUT2D eigenvalue weighted by Crippen LogP contribution is 2.30. The van der Waals surface area contributed by atoms with Crippen molar-refractivity contribution < 1.29 is 22.7 Å². The molecule has 0 radical (unpaired) electrons. The molecule has 1 amide bonds. The van der Waals surface area contributed by atoms with Crippen molar-refractivity contribution in [2.24, 2.45) is 5.73 Å². The third-order valence-corrected chi connectivity index (χ3v) is 4.04. The average Bonchev–Trinajstić information content (AvgIpc) is 3.00. The summed E-state index contributed by atoms with van der Waals surface area (Å²) >= 11 is 0. The molecule has 2 heterocycles. The van der Waals surface area contributed by atoms with Crippen molar-refractivity contribution in [3.05, 3.63) is 30.2 Å². The summed E-state index contributed by atoms with van der Waals surface area (Å²) in [6.45, 7) is 7.19. The molecule has 8 nitrogen and oxygen atoms in total. The minimum Gasteiger partial charge on any atom is -0.325 e. The minimum atomic E-state index is -4.68. The maximum absolute atomic E-state index is 12.2. The van der Waals surface area contributed by atoms with Crippen LogP contribution in [-0.4, -0.2) is 44.0 Å². The smallest absolute Gasteiger partial charge is 0.325 e. The molecule has 29 heavy (non-hydrogen) atoms. The number of nitrogens with zero attached hydrogens (tertiary/aromatic N) is 4. The molecule has 1 saturated carbocycles. The number of hydrogen-bond acceptors (Lipinski definition) is 5. The van der Waals surface area contributed by atoms with E-state index >= 15 is 0 Å². The van der Waals surface area contributed by atoms with Gasteiger partial charge in [-0.05, 0) is 40.5 Å². The minimum absolute atomic E-state index is 0.118. The topological polar surface area (TPSA) is 100.0 Å². The van der Waals surface area contributed by atoms with Crippen molar-refractivity contribution in [2.75, 3.05) is 11.9 Å². The molecule has 2 aromatic heterocycles. The lowest BCUT2D eigenvalue weighted by Crippen LogP contribution is -2.26. The van der Waals surface area contributed by atoms with Gasteiger partial charge >= 0.3 is 6.36 Å². The molecule has 1 fully saturated rings. The molecule has 0 saturated heterocycles. The number of amides is 1. The van der Waals surface area contributed by atoms with Gasteiger partial charge in [0.05, 0.1) is 36.6 Å². The van der Waals surface area contributed by atoms with Crippen molar-refractivity contribution in [1.29, 1.82) is 0 Å². The number of nitrogens with one attached hydrogen (secondary N) is 1. The summed E-state index contributed by atoms with van der Waals surface area (Å²) in [7, 11) is 0. The zero-order chi connectivity index (χ0) is 21.9. The van der Waals surface area contributed by atoms with E-state index in [0.717, 1.165) is 0 Å². The molecule has 3 rings (SSSR count). The first-order valence-electron chi connectivity index (χ1n) is 9.15. The van der Waals surface area contributed by atoms with E-state index in [-0.39, 0.29) is 23.2 Å². The number of rotatable bonds is 5. The Labute approximate surface area is 167 Å². The zero-order valence-electron chi connectivity index (χ0n) is 17.0. The predicted molar refractivity (Wildman–Crippen MR) is 101 cm³/mol. The van der Waals surface area contributed by atoms with Gasteiger partial charge in [-0.3, -0.25) is 14.2 Å². The Balaban J connectivity index is 0.000000521. The number of ether oxygens (including phenoxy) is 1. The Morgan fingerprint density at radius 1 is 1.31 bits per heavy atom. The van der Waals surface area contributed by atoms with Crippen LogP contribution in [0.25, 0.3) is 0 Å². The second kappa shape index (κ2) is 8.54. The standard InChI is InChI=1S/C14H18F3N5O2.C4H9N/c1-13(2,3)22-11(4-5-18-22)20-12(23)10-8-19-21(9-10)6-7-24-14(15,16)17;1-4(5)2-3-4/h4-5,8-9H,6-7H2,1-3H3,(H,20,23);2-3,5H2,1H3. The number of aromatic nitrogens is 4. The van der Waals surface area contributed by atoms with E-state index in [1.165, 1.54) is 29.9 Å². The molecule has 0 aliphatic heterocycles. The molecule has 3 N–H and O–H groups in total. The Kier molecular flexibility index (Phi) is 6.74. The summed E-state index contributed by atoms with van der Waals surface area (Å²) in [5, 5.41) is 10.7. The molecule has 2 aromatic rings. The van der Waals surface area contributed by atoms with Crippen molar-refractivity contribution in [3.63, 3.8) is 0 Å². The second-order valence-electron chi connectivity index (χ2n) is 8.19. The summed E-state index contributed by atoms with van der Waals surface area (Å²) in [6.07, 6.45) is 1.98. The summed E-state index contributed by atoms with van der Waals surface area (Å²) in [4.78, 5) is 12.2. The summed E-state index contributed by atoms with van der Waals surface area (Å²) < 4.78 is 42.3. The van der Waals surface area contributed by atoms with Crippen molar-refractivity contribution in [3.8, 4) is 0 Å². The summed E-state index contributed by atoms with van der Waals surface area (Å²) in [5.41, 5.74) is 5.63. The highest BCUT2D eigenvalue weighted by molar-refractivity contribution is 6.03. The van der Waals surface area contributed by atoms with Crippen LogP contribution in [-0.2, 0) is 16.8 Å². The van der Waals surface area contributed by atoms with Gasteiger partial charge in [0, 0.05) is 17.8 Å². The van der Waals surface area contributed by atoms with Crippen molar-refractivity contribution in [1.82, 2.24) is 19.6 Å². The maximum Gasteiger partial charge on any atom is 0.522 e. The van der Waals surface area contributed by atoms with Gasteiger partial charge < -0.3 is 11.1 Å². The number of nitrogens with two attached hydrogens (primary N) is 1. The van der Waals surface area contributed by atoms with Crippen LogP contribution in [0.15, 0.2) is 24.7 Å². The number of anilines is 1. The fraction of sp³-hybridized carbons (Fsp3) is 0.611. The lowest BCUT2D eigenvalue weighted by molar-refractivity contribution is -0.325. The quantitative estimate of drug-likeness (QED) is 0.780. The SMILES string of the molecule is CC(C)(C)n1nccc1NC(=O)c1cnn(CCOC(F)(F)F)c1.CC1(N)CC1. The zero-order valence-corrected chi connectivity index (χ0v) is 17.0. The fourth-order valence-electron chi connectivity index (χ4n) is 2.18. The van der Waals surface area contributed by atoms with Crippen molar-refractivity contribution >= 4 is 11.7 Å². The molecule has 0 bridgehead atoms. The maximum atomic E-state index is 12.2. The number of carbonyl (C=O) groups excluding carboxylic acids is 1. The molecule has 0 unspecified atom stereocenters. The van der Waals surface area contributed by atoms with Crippen molar-refractivity contribution in [2.45, 2.75) is 64.5 Å². The van der Waals surface area contributed by atoms with Gasteiger partial charge in [-0.2, -0.15) is 10.2 Å². The third kappa shape index (κ3) is 7.86. The second-order valence-corrected chi connectivity index (χ2v) is 8.19. The molecule has 162 valence electrons. The largest absolute Gasteiger partial charge is 0.522 e. The highest BCUT2D eigenvalue weighted by Gasteiger charge is 2.31. The van der Waals surface area contributed by atoms with Crippen LogP contribution in [0.5, 0.6) is 0 Å². The third-order valence-electron chi connectivity index (χ3n) is 4.04. The van der Waals surface area contributed by atoms with E-state index in [0.29, 0.717) is 5.82 Å². The monoisotopic (exact) mass is 416 g/mol. The van der Waals surface area contributed by atoms with E-state index in [4.69, 9.17) is 5.73 Å². The number of halogens is 3. The number of hydrogen-bond donors (Lipinski definition) is 2. The van der Waals surface area contributed by atoms with Gasteiger partial charge in [-0.25, -0.2) is 4.68 Å². The van der Waals surface area contributed by atoms with Crippen LogP contribution in [0.3, 0.4) is 0 Å². The van der Waals surface area contributed by atoms with E-state index in [1.807, 2.05) is 20.8 Å². The average molecular weight is 416 g/mol. The molecule has 1 aliphatic rings. The Bertz CT molecular complexity index is 814. The first-order valence-corrected chi connectivity index (χ1v) is 9.15. The van der Waals surface area contributed by atoms with Crippen LogP contribution < -0.4 is 11.1 Å². The Hall–Kier alpha value is -2.40. The Morgan fingerprint density at radius 3 is 2.45 bits per heavy atom. The van der Waals surface area contributed by atoms with Gasteiger partial charge in [-0.15, -0.1) is 13.2 Å². The Morgan fingerprint density at radius 2 is 1.93 bits per heavy atom. The molecule has 1 aliphatic carbocycles. The van der Waals surface area contributed by atoms with Gasteiger partial charge in [-0.1, -0.05) is 0 Å². The molecule has 11 heteroatoms. The van der Waals surface area contributed by atoms with Crippen LogP contribution in [0.1, 0.15) is 50.9 Å². The molecule has 0 aromatic carbocycles. The van der Waals surface area contributed by atoms with Gasteiger partial charge in [0.15, 0.2) is 0 Å². The van der Waals surface area contributed by atoms with E-state index in [2.05, 4.69) is 27.2 Å². The lowest BCUT2D eigenvalue weighted by Gasteiger charge is -2.22. The van der Waals surface area contributed by atoms with Gasteiger partial charge in [0.25, 0.3) is 5.91 Å². The van der Waals surface area contributed by atoms with E-state index < -0.39 is 18.9 Å². The predicted octanol–water partition coefficient (Wildman–Crippen LogP) is 3.12. The van der Waals surface area contributed by atoms with Crippen LogP contribution in [0.2, 0.25) is 0 Å². The molecular weight excluding hydrogens is 389 g/mol. The van der Waals surface area contributed by atoms with E-state index in [9.17, 15) is 18.0 Å². The van der Waals surface area contributed by atoms with Gasteiger partial charge in [0.2, 0.25) is 0 Å². The number of carbonyl (C=O) groups is 1. The van der Waals surface area contributed by atoms with Crippen LogP contribution >= 0.6 is 0 Å². The lowest BCUT2D eigenvalue weighted by atomic mass is 10.1. The summed E-state index contributed by atoms with van der Waals surface area (Å²) in [6, 6.07) is 1.66. The molecular formula is C18H27F3N6O2. The fourth-order valence-corrected chi connectivity index (χ4v) is 2.18. The van der Waals surface area contributed by atoms with Gasteiger partial charge in [0.1, 0.15) is 5.82 Å². The number of alkyl halides is 3. The molecule has 0 atom stereocenters. The van der Waals surface area contributed by atoms with Crippen LogP contribution in [0.4, 0.5) is 19.0 Å². The normalized spacial score (nSPS) is 15.4. The van der Waals surface area contributed by atoms with Crippen LogP contribution in [0, 0.1) is 0 Å². The molecule has 0 spiro atoms. The first-order chi connectivity index (χ1) is 13.3. The summed E-state index contributed by atoms with van der Waals surface area (Å²) in [5.74, 6) is 0.0876. The van der Waals surface area contributed by atoms with E-state index in [1.54, 1.807) is 16.9 Å².